The van der Waals surface area contributed by atoms with Gasteiger partial charge in [-0.2, -0.15) is 0 Å². The molecule has 0 aliphatic carbocycles. The van der Waals surface area contributed by atoms with Crippen LogP contribution < -0.4 is 10.9 Å². The quantitative estimate of drug-likeness (QED) is 0.866. The van der Waals surface area contributed by atoms with E-state index in [1.165, 1.54) is 17.9 Å². The molecule has 6 heteroatoms. The Morgan fingerprint density at radius 3 is 2.91 bits per heavy atom. The smallest absolute Gasteiger partial charge is 0.329 e. The van der Waals surface area contributed by atoms with Gasteiger partial charge in [-0.25, -0.2) is 9.78 Å². The van der Waals surface area contributed by atoms with Gasteiger partial charge in [0.05, 0.1) is 13.3 Å². The van der Waals surface area contributed by atoms with Gasteiger partial charge in [0, 0.05) is 13.0 Å². The molecule has 1 N–H and O–H groups in total. The van der Waals surface area contributed by atoms with Crippen molar-refractivity contribution in [1.29, 1.82) is 0 Å². The number of anilines is 1. The SMILES string of the molecule is COC(=O)C1CCc2ncc(NCc3ccccc3)c(=O)n21. The number of hydrogen-bond acceptors (Lipinski definition) is 5. The van der Waals surface area contributed by atoms with Crippen LogP contribution in [0.4, 0.5) is 5.69 Å². The Kier molecular flexibility index (Phi) is 3.91. The molecule has 0 bridgehead atoms. The van der Waals surface area contributed by atoms with Crippen LogP contribution in [0.2, 0.25) is 0 Å². The maximum Gasteiger partial charge on any atom is 0.329 e. The summed E-state index contributed by atoms with van der Waals surface area (Å²) in [7, 11) is 1.33. The summed E-state index contributed by atoms with van der Waals surface area (Å²) in [4.78, 5) is 28.6. The number of hydrogen-bond donors (Lipinski definition) is 1. The molecular formula is C16H17N3O3. The zero-order chi connectivity index (χ0) is 15.5. The van der Waals surface area contributed by atoms with Crippen molar-refractivity contribution in [2.24, 2.45) is 0 Å². The lowest BCUT2D eigenvalue weighted by molar-refractivity contribution is -0.144. The number of fused-ring (bicyclic) bond motifs is 1. The van der Waals surface area contributed by atoms with E-state index < -0.39 is 12.0 Å². The number of nitrogens with zero attached hydrogens (tertiary/aromatic N) is 2. The number of carbonyl (C=O) groups is 1. The molecular weight excluding hydrogens is 282 g/mol. The summed E-state index contributed by atoms with van der Waals surface area (Å²) in [5.41, 5.74) is 1.23. The molecule has 0 spiro atoms. The topological polar surface area (TPSA) is 73.2 Å². The van der Waals surface area contributed by atoms with E-state index in [1.807, 2.05) is 30.3 Å². The van der Waals surface area contributed by atoms with Gasteiger partial charge >= 0.3 is 5.97 Å². The van der Waals surface area contributed by atoms with Crippen molar-refractivity contribution < 1.29 is 9.53 Å². The third-order valence-electron chi connectivity index (χ3n) is 3.82. The summed E-state index contributed by atoms with van der Waals surface area (Å²) >= 11 is 0. The number of nitrogens with one attached hydrogen (secondary N) is 1. The second-order valence-corrected chi connectivity index (χ2v) is 5.18. The van der Waals surface area contributed by atoms with Crippen LogP contribution in [0.1, 0.15) is 23.9 Å². The molecule has 1 aliphatic heterocycles. The number of benzene rings is 1. The van der Waals surface area contributed by atoms with Crippen LogP contribution in [0.3, 0.4) is 0 Å². The maximum absolute atomic E-state index is 12.6. The largest absolute Gasteiger partial charge is 0.467 e. The van der Waals surface area contributed by atoms with E-state index in [-0.39, 0.29) is 5.56 Å². The highest BCUT2D eigenvalue weighted by molar-refractivity contribution is 5.74. The Morgan fingerprint density at radius 2 is 2.18 bits per heavy atom. The van der Waals surface area contributed by atoms with E-state index in [9.17, 15) is 9.59 Å². The first-order valence-corrected chi connectivity index (χ1v) is 7.16. The highest BCUT2D eigenvalue weighted by atomic mass is 16.5. The molecule has 1 aliphatic rings. The molecule has 0 saturated carbocycles. The minimum atomic E-state index is -0.571. The van der Waals surface area contributed by atoms with Crippen molar-refractivity contribution >= 4 is 11.7 Å². The number of rotatable bonds is 4. The zero-order valence-corrected chi connectivity index (χ0v) is 12.3. The molecule has 1 aromatic carbocycles. The normalized spacial score (nSPS) is 16.1. The standard InChI is InChI=1S/C16H17N3O3/c1-22-16(21)13-7-8-14-18-10-12(15(20)19(13)14)17-9-11-5-3-2-4-6-11/h2-6,10,13,17H,7-9H2,1H3. The predicted molar refractivity (Wildman–Crippen MR) is 81.6 cm³/mol. The number of carbonyl (C=O) groups excluding carboxylic acids is 1. The van der Waals surface area contributed by atoms with Gasteiger partial charge in [0.1, 0.15) is 17.6 Å². The monoisotopic (exact) mass is 299 g/mol. The van der Waals surface area contributed by atoms with Crippen LogP contribution in [-0.4, -0.2) is 22.6 Å². The first kappa shape index (κ1) is 14.3. The van der Waals surface area contributed by atoms with Crippen molar-refractivity contribution in [3.8, 4) is 0 Å². The van der Waals surface area contributed by atoms with Gasteiger partial charge in [0.15, 0.2) is 0 Å². The van der Waals surface area contributed by atoms with Crippen molar-refractivity contribution in [3.05, 3.63) is 58.3 Å². The zero-order valence-electron chi connectivity index (χ0n) is 12.3. The molecule has 0 radical (unpaired) electrons. The molecule has 1 atom stereocenters. The minimum Gasteiger partial charge on any atom is -0.467 e. The number of ether oxygens (including phenoxy) is 1. The Morgan fingerprint density at radius 1 is 1.41 bits per heavy atom. The molecule has 1 aromatic heterocycles. The molecule has 2 aromatic rings. The summed E-state index contributed by atoms with van der Waals surface area (Å²) in [6.45, 7) is 0.528. The molecule has 2 heterocycles. The van der Waals surface area contributed by atoms with E-state index in [1.54, 1.807) is 0 Å². The second kappa shape index (κ2) is 6.01. The summed E-state index contributed by atoms with van der Waals surface area (Å²) in [6, 6.07) is 9.20. The van der Waals surface area contributed by atoms with Gasteiger partial charge in [0.2, 0.25) is 0 Å². The predicted octanol–water partition coefficient (Wildman–Crippen LogP) is 1.52. The van der Waals surface area contributed by atoms with E-state index >= 15 is 0 Å². The highest BCUT2D eigenvalue weighted by Gasteiger charge is 2.31. The molecule has 22 heavy (non-hydrogen) atoms. The Hall–Kier alpha value is -2.63. The molecule has 1 unspecified atom stereocenters. The fourth-order valence-electron chi connectivity index (χ4n) is 2.68. The Bertz CT molecular complexity index is 740. The van der Waals surface area contributed by atoms with Gasteiger partial charge in [0.25, 0.3) is 5.56 Å². The molecule has 114 valence electrons. The van der Waals surface area contributed by atoms with Crippen molar-refractivity contribution in [3.63, 3.8) is 0 Å². The molecule has 0 fully saturated rings. The van der Waals surface area contributed by atoms with Crippen molar-refractivity contribution in [2.45, 2.75) is 25.4 Å². The molecule has 3 rings (SSSR count). The van der Waals surface area contributed by atoms with Gasteiger partial charge in [-0.3, -0.25) is 9.36 Å². The first-order chi connectivity index (χ1) is 10.7. The average Bonchev–Trinajstić information content (AvgIpc) is 2.99. The van der Waals surface area contributed by atoms with Gasteiger partial charge in [-0.05, 0) is 12.0 Å². The van der Waals surface area contributed by atoms with E-state index in [2.05, 4.69) is 10.3 Å². The lowest BCUT2D eigenvalue weighted by Gasteiger charge is -2.13. The average molecular weight is 299 g/mol. The Balaban J connectivity index is 1.86. The second-order valence-electron chi connectivity index (χ2n) is 5.18. The maximum atomic E-state index is 12.6. The number of methoxy groups -OCH3 is 1. The van der Waals surface area contributed by atoms with Crippen LogP contribution in [0, 0.1) is 0 Å². The number of esters is 1. The minimum absolute atomic E-state index is 0.228. The number of aromatic nitrogens is 2. The first-order valence-electron chi connectivity index (χ1n) is 7.16. The van der Waals surface area contributed by atoms with Crippen LogP contribution in [0.15, 0.2) is 41.3 Å². The number of aryl methyl sites for hydroxylation is 1. The fourth-order valence-corrected chi connectivity index (χ4v) is 2.68. The van der Waals surface area contributed by atoms with Crippen molar-refractivity contribution in [2.75, 3.05) is 12.4 Å². The summed E-state index contributed by atoms with van der Waals surface area (Å²) in [6.07, 6.45) is 2.70. The summed E-state index contributed by atoms with van der Waals surface area (Å²) in [5, 5.41) is 3.09. The van der Waals surface area contributed by atoms with Gasteiger partial charge in [-0.15, -0.1) is 0 Å². The van der Waals surface area contributed by atoms with E-state index in [0.717, 1.165) is 5.56 Å². The van der Waals surface area contributed by atoms with Crippen LogP contribution in [-0.2, 0) is 22.5 Å². The molecule has 6 nitrogen and oxygen atoms in total. The highest BCUT2D eigenvalue weighted by Crippen LogP contribution is 2.24. The van der Waals surface area contributed by atoms with Gasteiger partial charge < -0.3 is 10.1 Å². The summed E-state index contributed by atoms with van der Waals surface area (Å²) < 4.78 is 6.21. The third-order valence-corrected chi connectivity index (χ3v) is 3.82. The van der Waals surface area contributed by atoms with E-state index in [0.29, 0.717) is 30.9 Å². The third kappa shape index (κ3) is 2.59. The lowest BCUT2D eigenvalue weighted by atomic mass is 10.2. The van der Waals surface area contributed by atoms with Crippen LogP contribution in [0.25, 0.3) is 0 Å². The molecule has 0 amide bonds. The van der Waals surface area contributed by atoms with Gasteiger partial charge in [-0.1, -0.05) is 30.3 Å². The Labute approximate surface area is 127 Å². The van der Waals surface area contributed by atoms with E-state index in [4.69, 9.17) is 4.74 Å². The molecule has 0 saturated heterocycles. The van der Waals surface area contributed by atoms with Crippen LogP contribution in [0.5, 0.6) is 0 Å². The van der Waals surface area contributed by atoms with Crippen LogP contribution >= 0.6 is 0 Å². The fraction of sp³-hybridized carbons (Fsp3) is 0.312. The summed E-state index contributed by atoms with van der Waals surface area (Å²) in [5.74, 6) is 0.230. The lowest BCUT2D eigenvalue weighted by Crippen LogP contribution is -2.30. The van der Waals surface area contributed by atoms with Crippen molar-refractivity contribution in [1.82, 2.24) is 9.55 Å².